The minimum absolute atomic E-state index is 0.0136. The molecular weight excluding hydrogens is 405 g/mol. The van der Waals surface area contributed by atoms with Gasteiger partial charge in [0.2, 0.25) is 5.91 Å². The number of amides is 2. The predicted octanol–water partition coefficient (Wildman–Crippen LogP) is 0.861. The van der Waals surface area contributed by atoms with Crippen LogP contribution in [-0.2, 0) is 29.0 Å². The Morgan fingerprint density at radius 1 is 1.31 bits per heavy atom. The van der Waals surface area contributed by atoms with Crippen LogP contribution < -0.4 is 5.32 Å². The molecule has 0 unspecified atom stereocenters. The van der Waals surface area contributed by atoms with Gasteiger partial charge in [0.05, 0.1) is 23.2 Å². The van der Waals surface area contributed by atoms with Crippen molar-refractivity contribution >= 4 is 39.0 Å². The summed E-state index contributed by atoms with van der Waals surface area (Å²) in [6.07, 6.45) is -0.973. The highest BCUT2D eigenvalue weighted by Crippen LogP contribution is 2.22. The van der Waals surface area contributed by atoms with E-state index in [2.05, 4.69) is 10.4 Å². The second kappa shape index (κ2) is 8.27. The quantitative estimate of drug-likeness (QED) is 0.699. The molecule has 3 rings (SSSR count). The van der Waals surface area contributed by atoms with Crippen LogP contribution in [0.3, 0.4) is 0 Å². The number of carbonyl (C=O) groups is 3. The van der Waals surface area contributed by atoms with E-state index in [-0.39, 0.29) is 48.1 Å². The summed E-state index contributed by atoms with van der Waals surface area (Å²) in [5.41, 5.74) is -0.117. The smallest absolute Gasteiger partial charge is 0.355 e. The van der Waals surface area contributed by atoms with E-state index in [0.29, 0.717) is 0 Å². The number of hydrogen-bond acceptors (Lipinski definition) is 7. The first-order valence-electron chi connectivity index (χ1n) is 9.02. The van der Waals surface area contributed by atoms with Crippen molar-refractivity contribution in [2.24, 2.45) is 5.10 Å². The molecule has 2 heterocycles. The van der Waals surface area contributed by atoms with Gasteiger partial charge in [-0.3, -0.25) is 9.59 Å². The molecule has 1 fully saturated rings. The van der Waals surface area contributed by atoms with Gasteiger partial charge in [-0.15, -0.1) is 0 Å². The predicted molar refractivity (Wildman–Crippen MR) is 101 cm³/mol. The lowest BCUT2D eigenvalue weighted by Crippen LogP contribution is -2.42. The lowest BCUT2D eigenvalue weighted by Gasteiger charge is -2.27. The van der Waals surface area contributed by atoms with E-state index < -0.39 is 39.7 Å². The summed E-state index contributed by atoms with van der Waals surface area (Å²) < 4.78 is 42.0. The van der Waals surface area contributed by atoms with Gasteiger partial charge in [-0.25, -0.2) is 22.6 Å². The third-order valence-electron chi connectivity index (χ3n) is 4.63. The molecule has 1 aromatic rings. The number of anilines is 1. The summed E-state index contributed by atoms with van der Waals surface area (Å²) in [4.78, 5) is 36.6. The van der Waals surface area contributed by atoms with E-state index in [1.165, 1.54) is 25.1 Å². The molecule has 2 aliphatic heterocycles. The van der Waals surface area contributed by atoms with E-state index in [1.807, 2.05) is 0 Å². The SMILES string of the molecule is C[C@@H](OC(=O)C1=NN([C@H]2CCS(=O)(=O)C2)C(=O)CC1)C(=O)Nc1ccccc1F. The Hall–Kier alpha value is -2.82. The van der Waals surface area contributed by atoms with Crippen molar-refractivity contribution in [3.8, 4) is 0 Å². The number of rotatable bonds is 5. The number of carbonyl (C=O) groups excluding carboxylic acids is 3. The minimum atomic E-state index is -3.23. The number of para-hydroxylation sites is 1. The first-order valence-corrected chi connectivity index (χ1v) is 10.8. The minimum Gasteiger partial charge on any atom is -0.448 e. The molecule has 2 atom stereocenters. The number of hydrogen-bond donors (Lipinski definition) is 1. The molecule has 0 aliphatic carbocycles. The van der Waals surface area contributed by atoms with Crippen molar-refractivity contribution in [3.63, 3.8) is 0 Å². The monoisotopic (exact) mass is 425 g/mol. The van der Waals surface area contributed by atoms with Gasteiger partial charge in [-0.2, -0.15) is 5.10 Å². The zero-order valence-corrected chi connectivity index (χ0v) is 16.4. The number of nitrogens with zero attached hydrogens (tertiary/aromatic N) is 2. The van der Waals surface area contributed by atoms with Gasteiger partial charge >= 0.3 is 5.97 Å². The first-order chi connectivity index (χ1) is 13.7. The zero-order chi connectivity index (χ0) is 21.2. The molecule has 29 heavy (non-hydrogen) atoms. The van der Waals surface area contributed by atoms with Gasteiger partial charge in [-0.1, -0.05) is 12.1 Å². The number of sulfone groups is 1. The Labute approximate surface area is 166 Å². The molecule has 0 bridgehead atoms. The topological polar surface area (TPSA) is 122 Å². The fourth-order valence-corrected chi connectivity index (χ4v) is 4.74. The van der Waals surface area contributed by atoms with Crippen molar-refractivity contribution in [2.45, 2.75) is 38.3 Å². The summed E-state index contributed by atoms with van der Waals surface area (Å²) in [5, 5.41) is 7.35. The van der Waals surface area contributed by atoms with Crippen LogP contribution in [0.2, 0.25) is 0 Å². The maximum Gasteiger partial charge on any atom is 0.355 e. The Morgan fingerprint density at radius 3 is 2.69 bits per heavy atom. The van der Waals surface area contributed by atoms with E-state index in [1.54, 1.807) is 6.07 Å². The Morgan fingerprint density at radius 2 is 2.03 bits per heavy atom. The van der Waals surface area contributed by atoms with Crippen LogP contribution in [-0.4, -0.2) is 60.6 Å². The maximum atomic E-state index is 13.6. The van der Waals surface area contributed by atoms with E-state index in [9.17, 15) is 27.2 Å². The van der Waals surface area contributed by atoms with Gasteiger partial charge in [0, 0.05) is 12.8 Å². The van der Waals surface area contributed by atoms with Crippen molar-refractivity contribution in [3.05, 3.63) is 30.1 Å². The highest BCUT2D eigenvalue weighted by molar-refractivity contribution is 7.91. The average molecular weight is 425 g/mol. The highest BCUT2D eigenvalue weighted by Gasteiger charge is 2.37. The van der Waals surface area contributed by atoms with Gasteiger partial charge in [-0.05, 0) is 25.5 Å². The summed E-state index contributed by atoms with van der Waals surface area (Å²) in [6, 6.07) is 4.95. The summed E-state index contributed by atoms with van der Waals surface area (Å²) in [5.74, 6) is -2.85. The van der Waals surface area contributed by atoms with E-state index >= 15 is 0 Å². The van der Waals surface area contributed by atoms with Crippen LogP contribution >= 0.6 is 0 Å². The fourth-order valence-electron chi connectivity index (χ4n) is 3.05. The van der Waals surface area contributed by atoms with Crippen molar-refractivity contribution in [1.82, 2.24) is 5.01 Å². The number of benzene rings is 1. The summed E-state index contributed by atoms with van der Waals surface area (Å²) >= 11 is 0. The molecule has 1 saturated heterocycles. The molecule has 11 heteroatoms. The summed E-state index contributed by atoms with van der Waals surface area (Å²) in [7, 11) is -3.23. The lowest BCUT2D eigenvalue weighted by atomic mass is 10.1. The van der Waals surface area contributed by atoms with Crippen LogP contribution in [0.25, 0.3) is 0 Å². The number of nitrogens with one attached hydrogen (secondary N) is 1. The molecule has 9 nitrogen and oxygen atoms in total. The van der Waals surface area contributed by atoms with Crippen LogP contribution in [0.15, 0.2) is 29.4 Å². The third-order valence-corrected chi connectivity index (χ3v) is 6.38. The first kappa shape index (κ1) is 20.9. The second-order valence-electron chi connectivity index (χ2n) is 6.86. The Balaban J connectivity index is 1.64. The molecule has 2 aliphatic rings. The van der Waals surface area contributed by atoms with Crippen LogP contribution in [0, 0.1) is 5.82 Å². The molecule has 0 radical (unpaired) electrons. The lowest BCUT2D eigenvalue weighted by molar-refractivity contribution is -0.147. The Bertz CT molecular complexity index is 978. The van der Waals surface area contributed by atoms with Crippen molar-refractivity contribution < 1.29 is 31.9 Å². The second-order valence-corrected chi connectivity index (χ2v) is 9.09. The molecule has 0 spiro atoms. The van der Waals surface area contributed by atoms with E-state index in [0.717, 1.165) is 5.01 Å². The van der Waals surface area contributed by atoms with Crippen LogP contribution in [0.5, 0.6) is 0 Å². The summed E-state index contributed by atoms with van der Waals surface area (Å²) in [6.45, 7) is 1.32. The number of ether oxygens (including phenoxy) is 1. The Kier molecular flexibility index (Phi) is 5.96. The van der Waals surface area contributed by atoms with Gasteiger partial charge < -0.3 is 10.1 Å². The number of halogens is 1. The third kappa shape index (κ3) is 4.97. The number of esters is 1. The molecule has 1 N–H and O–H groups in total. The maximum absolute atomic E-state index is 13.6. The standard InChI is InChI=1S/C18H20FN3O6S/c1-11(17(24)20-14-5-3-2-4-13(14)19)28-18(25)15-6-7-16(23)22(21-15)12-8-9-29(26,27)10-12/h2-5,11-12H,6-10H2,1H3,(H,20,24)/t11-,12+/m1/s1. The molecule has 1 aromatic carbocycles. The van der Waals surface area contributed by atoms with Gasteiger partial charge in [0.15, 0.2) is 15.9 Å². The number of hydrazone groups is 1. The molecule has 0 saturated carbocycles. The normalized spacial score (nSPS) is 22.0. The van der Waals surface area contributed by atoms with Gasteiger partial charge in [0.1, 0.15) is 11.5 Å². The molecule has 156 valence electrons. The van der Waals surface area contributed by atoms with Crippen LogP contribution in [0.4, 0.5) is 10.1 Å². The van der Waals surface area contributed by atoms with Gasteiger partial charge in [0.25, 0.3) is 5.91 Å². The highest BCUT2D eigenvalue weighted by atomic mass is 32.2. The largest absolute Gasteiger partial charge is 0.448 e. The van der Waals surface area contributed by atoms with Crippen LogP contribution in [0.1, 0.15) is 26.2 Å². The van der Waals surface area contributed by atoms with E-state index in [4.69, 9.17) is 4.74 Å². The average Bonchev–Trinajstić information content (AvgIpc) is 3.03. The molecule has 0 aromatic heterocycles. The molecule has 2 amide bonds. The van der Waals surface area contributed by atoms with Crippen molar-refractivity contribution in [2.75, 3.05) is 16.8 Å². The molecular formula is C18H20FN3O6S. The van der Waals surface area contributed by atoms with Crippen molar-refractivity contribution in [1.29, 1.82) is 0 Å². The fraction of sp³-hybridized carbons (Fsp3) is 0.444. The zero-order valence-electron chi connectivity index (χ0n) is 15.6.